The van der Waals surface area contributed by atoms with E-state index in [-0.39, 0.29) is 0 Å². The number of likely N-dealkylation sites (N-methyl/N-ethyl adjacent to an activating group) is 1. The molecule has 0 amide bonds. The van der Waals surface area contributed by atoms with Crippen LogP contribution in [0.2, 0.25) is 0 Å². The molecule has 1 atom stereocenters. The van der Waals surface area contributed by atoms with Gasteiger partial charge in [0, 0.05) is 13.0 Å². The molecule has 0 aromatic rings. The summed E-state index contributed by atoms with van der Waals surface area (Å²) in [6.07, 6.45) is 1.29. The average molecular weight is 101 g/mol. The van der Waals surface area contributed by atoms with Crippen molar-refractivity contribution in [3.63, 3.8) is 0 Å². The third-order valence-corrected chi connectivity index (χ3v) is 1.49. The maximum Gasteiger partial charge on any atom is 0.0984 e. The van der Waals surface area contributed by atoms with Gasteiger partial charge in [-0.3, -0.25) is 0 Å². The van der Waals surface area contributed by atoms with Gasteiger partial charge in [0.25, 0.3) is 0 Å². The van der Waals surface area contributed by atoms with Gasteiger partial charge in [0.05, 0.1) is 12.6 Å². The van der Waals surface area contributed by atoms with E-state index in [1.807, 2.05) is 0 Å². The quantitative estimate of drug-likeness (QED) is 0.414. The smallest absolute Gasteiger partial charge is 0.0984 e. The molecular weight excluding hydrogens is 88.1 g/mol. The summed E-state index contributed by atoms with van der Waals surface area (Å²) in [5.74, 6) is 0. The van der Waals surface area contributed by atoms with Crippen molar-refractivity contribution in [3.05, 3.63) is 0 Å². The number of nitrogens with zero attached hydrogens (tertiary/aromatic N) is 1. The molecule has 1 heterocycles. The zero-order valence-electron chi connectivity index (χ0n) is 4.85. The minimum absolute atomic E-state index is 0.699. The molecule has 0 aliphatic carbocycles. The fourth-order valence-electron chi connectivity index (χ4n) is 1.03. The Kier molecular flexibility index (Phi) is 1.30. The molecule has 7 heavy (non-hydrogen) atoms. The van der Waals surface area contributed by atoms with Crippen molar-refractivity contribution in [3.8, 4) is 0 Å². The number of hydrogen-bond donors (Lipinski definition) is 1. The van der Waals surface area contributed by atoms with E-state index in [9.17, 15) is 0 Å². The van der Waals surface area contributed by atoms with Gasteiger partial charge in [-0.25, -0.2) is 0 Å². The molecule has 0 saturated carbocycles. The van der Waals surface area contributed by atoms with E-state index >= 15 is 0 Å². The van der Waals surface area contributed by atoms with Crippen LogP contribution < -0.4 is 5.73 Å². The van der Waals surface area contributed by atoms with Gasteiger partial charge in [0.1, 0.15) is 0 Å². The molecule has 0 aromatic carbocycles. The van der Waals surface area contributed by atoms with Crippen LogP contribution in [0.3, 0.4) is 0 Å². The highest BCUT2D eigenvalue weighted by molar-refractivity contribution is 4.68. The normalized spacial score (nSPS) is 34.3. The molecule has 2 nitrogen and oxygen atoms in total. The van der Waals surface area contributed by atoms with Crippen molar-refractivity contribution < 1.29 is 5.73 Å². The molecule has 1 saturated heterocycles. The second-order valence-electron chi connectivity index (χ2n) is 2.42. The fraction of sp³-hybridized carbons (Fsp3) is 1.00. The molecule has 0 bridgehead atoms. The van der Waals surface area contributed by atoms with Gasteiger partial charge in [-0.2, -0.15) is 0 Å². The van der Waals surface area contributed by atoms with E-state index in [0.717, 1.165) is 0 Å². The summed E-state index contributed by atoms with van der Waals surface area (Å²) < 4.78 is 0. The molecule has 2 heteroatoms. The lowest BCUT2D eigenvalue weighted by atomic mass is 10.3. The largest absolute Gasteiger partial charge is 0.354 e. The molecule has 0 aromatic heterocycles. The predicted molar refractivity (Wildman–Crippen MR) is 28.8 cm³/mol. The summed E-state index contributed by atoms with van der Waals surface area (Å²) in [6.45, 7) is 2.44. The van der Waals surface area contributed by atoms with Gasteiger partial charge in [0.15, 0.2) is 0 Å². The van der Waals surface area contributed by atoms with E-state index in [0.29, 0.717) is 6.04 Å². The van der Waals surface area contributed by atoms with Gasteiger partial charge in [-0.05, 0) is 7.05 Å². The Labute approximate surface area is 44.3 Å². The summed E-state index contributed by atoms with van der Waals surface area (Å²) in [4.78, 5) is 2.32. The van der Waals surface area contributed by atoms with E-state index in [1.165, 1.54) is 19.5 Å². The van der Waals surface area contributed by atoms with E-state index in [2.05, 4.69) is 17.7 Å². The lowest BCUT2D eigenvalue weighted by molar-refractivity contribution is -0.414. The van der Waals surface area contributed by atoms with E-state index in [1.54, 1.807) is 0 Å². The van der Waals surface area contributed by atoms with Gasteiger partial charge in [0.2, 0.25) is 0 Å². The van der Waals surface area contributed by atoms with Gasteiger partial charge in [-0.15, -0.1) is 0 Å². The Morgan fingerprint density at radius 1 is 1.71 bits per heavy atom. The van der Waals surface area contributed by atoms with Crippen LogP contribution in [0.25, 0.3) is 0 Å². The van der Waals surface area contributed by atoms with Crippen molar-refractivity contribution in [2.45, 2.75) is 12.5 Å². The molecule has 1 rings (SSSR count). The molecule has 1 aliphatic heterocycles. The lowest BCUT2D eigenvalue weighted by Crippen LogP contribution is -2.61. The molecule has 0 radical (unpaired) electrons. The Hall–Kier alpha value is -0.0800. The zero-order valence-corrected chi connectivity index (χ0v) is 4.85. The minimum Gasteiger partial charge on any atom is -0.354 e. The van der Waals surface area contributed by atoms with Crippen LogP contribution in [0.1, 0.15) is 6.42 Å². The Bertz CT molecular complexity index is 55.1. The van der Waals surface area contributed by atoms with Crippen molar-refractivity contribution in [1.29, 1.82) is 0 Å². The van der Waals surface area contributed by atoms with Crippen molar-refractivity contribution in [2.24, 2.45) is 0 Å². The van der Waals surface area contributed by atoms with Crippen LogP contribution in [0, 0.1) is 0 Å². The number of quaternary nitrogens is 1. The Morgan fingerprint density at radius 3 is 2.57 bits per heavy atom. The van der Waals surface area contributed by atoms with Crippen molar-refractivity contribution in [1.82, 2.24) is 4.90 Å². The molecule has 1 aliphatic rings. The van der Waals surface area contributed by atoms with E-state index in [4.69, 9.17) is 0 Å². The Balaban J connectivity index is 2.26. The first-order chi connectivity index (χ1) is 3.29. The van der Waals surface area contributed by atoms with Gasteiger partial charge in [-0.1, -0.05) is 0 Å². The molecule has 0 spiro atoms. The SMILES string of the molecule is CN1CC[C@@H]([NH3+])C1. The predicted octanol–water partition coefficient (Wildman–Crippen LogP) is -1.07. The van der Waals surface area contributed by atoms with Crippen LogP contribution in [-0.2, 0) is 0 Å². The van der Waals surface area contributed by atoms with Crippen molar-refractivity contribution in [2.75, 3.05) is 20.1 Å². The summed E-state index contributed by atoms with van der Waals surface area (Å²) in [6, 6.07) is 0.699. The molecule has 1 fully saturated rings. The van der Waals surface area contributed by atoms with Crippen LogP contribution in [0.5, 0.6) is 0 Å². The third-order valence-electron chi connectivity index (χ3n) is 1.49. The van der Waals surface area contributed by atoms with Crippen LogP contribution in [0.4, 0.5) is 0 Å². The first kappa shape index (κ1) is 5.06. The summed E-state index contributed by atoms with van der Waals surface area (Å²) in [5, 5.41) is 0. The van der Waals surface area contributed by atoms with Crippen LogP contribution in [0.15, 0.2) is 0 Å². The first-order valence-corrected chi connectivity index (χ1v) is 2.80. The van der Waals surface area contributed by atoms with Crippen molar-refractivity contribution >= 4 is 0 Å². The second kappa shape index (κ2) is 1.80. The number of likely N-dealkylation sites (tertiary alicyclic amines) is 1. The highest BCUT2D eigenvalue weighted by atomic mass is 15.1. The van der Waals surface area contributed by atoms with Crippen LogP contribution in [-0.4, -0.2) is 31.1 Å². The molecule has 3 N–H and O–H groups in total. The molecular formula is C5H13N2+. The second-order valence-corrected chi connectivity index (χ2v) is 2.42. The van der Waals surface area contributed by atoms with Crippen LogP contribution >= 0.6 is 0 Å². The lowest BCUT2D eigenvalue weighted by Gasteiger charge is -2.01. The van der Waals surface area contributed by atoms with Gasteiger partial charge >= 0.3 is 0 Å². The third kappa shape index (κ3) is 1.14. The Morgan fingerprint density at radius 2 is 2.43 bits per heavy atom. The summed E-state index contributed by atoms with van der Waals surface area (Å²) in [5.41, 5.74) is 3.95. The monoisotopic (exact) mass is 101 g/mol. The summed E-state index contributed by atoms with van der Waals surface area (Å²) in [7, 11) is 2.14. The topological polar surface area (TPSA) is 30.9 Å². The average Bonchev–Trinajstić information content (AvgIpc) is 1.87. The zero-order chi connectivity index (χ0) is 5.28. The molecule has 0 unspecified atom stereocenters. The summed E-state index contributed by atoms with van der Waals surface area (Å²) >= 11 is 0. The highest BCUT2D eigenvalue weighted by Crippen LogP contribution is 2.00. The maximum atomic E-state index is 3.95. The molecule has 42 valence electrons. The van der Waals surface area contributed by atoms with E-state index < -0.39 is 0 Å². The number of rotatable bonds is 0. The first-order valence-electron chi connectivity index (χ1n) is 2.80. The highest BCUT2D eigenvalue weighted by Gasteiger charge is 2.16. The fourth-order valence-corrected chi connectivity index (χ4v) is 1.03. The minimum atomic E-state index is 0.699. The van der Waals surface area contributed by atoms with Gasteiger partial charge < -0.3 is 10.6 Å². The standard InChI is InChI=1S/C5H12N2/c1-7-3-2-5(6)4-7/h5H,2-4,6H2,1H3/p+1/t5-/m1/s1. The maximum absolute atomic E-state index is 3.95. The number of hydrogen-bond acceptors (Lipinski definition) is 1.